The first-order valence-corrected chi connectivity index (χ1v) is 17.8. The van der Waals surface area contributed by atoms with Crippen molar-refractivity contribution in [3.63, 3.8) is 0 Å². The van der Waals surface area contributed by atoms with Gasteiger partial charge in [-0.25, -0.2) is 0 Å². The van der Waals surface area contributed by atoms with Gasteiger partial charge in [-0.1, -0.05) is 65.8 Å². The highest BCUT2D eigenvalue weighted by molar-refractivity contribution is 5.96. The lowest BCUT2D eigenvalue weighted by Crippen LogP contribution is -2.61. The number of nitrogens with one attached hydrogen (secondary N) is 2. The van der Waals surface area contributed by atoms with E-state index in [1.807, 2.05) is 27.7 Å². The Labute approximate surface area is 283 Å². The smallest absolute Gasteiger partial charge is 0.283 e. The van der Waals surface area contributed by atoms with Gasteiger partial charge in [0, 0.05) is 30.6 Å². The molecule has 2 fully saturated rings. The Morgan fingerprint density at radius 2 is 0.957 bits per heavy atom. The third kappa shape index (κ3) is 8.45. The van der Waals surface area contributed by atoms with Crippen molar-refractivity contribution in [2.24, 2.45) is 0 Å². The maximum absolute atomic E-state index is 14.3. The molecule has 2 aliphatic rings. The predicted molar refractivity (Wildman–Crippen MR) is 193 cm³/mol. The first kappa shape index (κ1) is 37.0. The summed E-state index contributed by atoms with van der Waals surface area (Å²) in [6.07, 6.45) is 4.63. The van der Waals surface area contributed by atoms with E-state index in [0.29, 0.717) is 32.4 Å². The van der Waals surface area contributed by atoms with Crippen LogP contribution in [0.4, 0.5) is 11.4 Å². The Hall–Kier alpha value is -2.78. The molecule has 2 saturated heterocycles. The Morgan fingerprint density at radius 1 is 0.638 bits per heavy atom. The third-order valence-corrected chi connectivity index (χ3v) is 10.6. The fourth-order valence-corrected chi connectivity index (χ4v) is 7.65. The molecule has 0 aromatic heterocycles. The number of quaternary nitrogens is 2. The molecule has 2 heterocycles. The van der Waals surface area contributed by atoms with Crippen LogP contribution in [0.5, 0.6) is 0 Å². The largest absolute Gasteiger partial charge is 0.632 e. The van der Waals surface area contributed by atoms with E-state index < -0.39 is 21.4 Å². The second-order valence-corrected chi connectivity index (χ2v) is 16.6. The number of amides is 2. The number of hydroxylamine groups is 6. The summed E-state index contributed by atoms with van der Waals surface area (Å²) in [5.41, 5.74) is 7.93. The van der Waals surface area contributed by atoms with Crippen molar-refractivity contribution in [2.45, 2.75) is 137 Å². The minimum absolute atomic E-state index is 0.00642. The first-order chi connectivity index (χ1) is 21.7. The number of likely N-dealkylation sites (tertiary alicyclic amines) is 2. The van der Waals surface area contributed by atoms with Gasteiger partial charge in [-0.05, 0) is 97.6 Å². The molecule has 47 heavy (non-hydrogen) atoms. The van der Waals surface area contributed by atoms with E-state index >= 15 is 0 Å². The van der Waals surface area contributed by atoms with Crippen molar-refractivity contribution in [3.8, 4) is 0 Å². The molecule has 0 aliphatic carbocycles. The van der Waals surface area contributed by atoms with Gasteiger partial charge < -0.3 is 30.3 Å². The summed E-state index contributed by atoms with van der Waals surface area (Å²) in [7, 11) is 0. The third-order valence-electron chi connectivity index (χ3n) is 10.6. The van der Waals surface area contributed by atoms with Gasteiger partial charge in [-0.3, -0.25) is 9.59 Å². The van der Waals surface area contributed by atoms with Crippen LogP contribution in [0.2, 0.25) is 0 Å². The van der Waals surface area contributed by atoms with E-state index in [-0.39, 0.29) is 35.7 Å². The van der Waals surface area contributed by atoms with Crippen molar-refractivity contribution in [2.75, 3.05) is 36.8 Å². The van der Waals surface area contributed by atoms with Crippen LogP contribution in [-0.2, 0) is 20.4 Å². The van der Waals surface area contributed by atoms with Crippen molar-refractivity contribution in [3.05, 3.63) is 68.1 Å². The summed E-state index contributed by atoms with van der Waals surface area (Å²) < 4.78 is -1.22. The molecule has 4 atom stereocenters. The fourth-order valence-electron chi connectivity index (χ4n) is 7.65. The van der Waals surface area contributed by atoms with E-state index in [1.165, 1.54) is 11.1 Å². The Balaban J connectivity index is 1.45. The van der Waals surface area contributed by atoms with Crippen LogP contribution in [0.3, 0.4) is 0 Å². The molecule has 2 aromatic carbocycles. The quantitative estimate of drug-likeness (QED) is 0.222. The van der Waals surface area contributed by atoms with Crippen molar-refractivity contribution in [1.29, 1.82) is 0 Å². The van der Waals surface area contributed by atoms with Gasteiger partial charge in [-0.15, -0.1) is 0 Å². The van der Waals surface area contributed by atoms with Crippen LogP contribution in [0.25, 0.3) is 0 Å². The summed E-state index contributed by atoms with van der Waals surface area (Å²) in [5.74, 6) is -0.474. The Kier molecular flexibility index (Phi) is 11.0. The zero-order valence-electron chi connectivity index (χ0n) is 30.8. The van der Waals surface area contributed by atoms with E-state index in [0.717, 1.165) is 59.3 Å². The average Bonchev–Trinajstić information content (AvgIpc) is 2.95. The molecule has 2 aliphatic heterocycles. The molecule has 8 nitrogen and oxygen atoms in total. The Bertz CT molecular complexity index is 1320. The van der Waals surface area contributed by atoms with Crippen LogP contribution >= 0.6 is 0 Å². The van der Waals surface area contributed by atoms with Gasteiger partial charge in [0.05, 0.1) is 26.2 Å². The first-order valence-electron chi connectivity index (χ1n) is 17.8. The number of benzene rings is 2. The molecule has 2 amide bonds. The lowest BCUT2D eigenvalue weighted by Gasteiger charge is -2.53. The molecular weight excluding hydrogens is 588 g/mol. The number of aryl methyl sites for hydroxylation is 4. The summed E-state index contributed by atoms with van der Waals surface area (Å²) in [6, 6.07) is 7.05. The minimum Gasteiger partial charge on any atom is -0.632 e. The van der Waals surface area contributed by atoms with E-state index in [1.54, 1.807) is 0 Å². The van der Waals surface area contributed by atoms with Crippen LogP contribution < -0.4 is 10.6 Å². The second kappa shape index (κ2) is 14.0. The highest BCUT2D eigenvalue weighted by atomic mass is 16.6. The number of anilines is 2. The van der Waals surface area contributed by atoms with E-state index in [2.05, 4.69) is 76.4 Å². The second-order valence-electron chi connectivity index (χ2n) is 16.6. The van der Waals surface area contributed by atoms with E-state index in [4.69, 9.17) is 0 Å². The molecule has 8 heteroatoms. The number of piperidine rings is 2. The van der Waals surface area contributed by atoms with Gasteiger partial charge in [0.15, 0.2) is 12.1 Å². The lowest BCUT2D eigenvalue weighted by atomic mass is 9.84. The standard InChI is InChI=1S/C39H60N4O4/c1-26-22-30(38(5,6)7)23-27(2)34(26)40-36(44)32-16-11-13-18-42(32,46)20-15-21-43(47)19-14-12-17-33(43)37(45)41-35-28(3)24-31(25-29(35)4)39(8,9)10/h22-25,32-33H,11-21H2,1-10H3,(H,40,44)(H,41,45)/t32-,33-,42+,43+/m0/s1. The van der Waals surface area contributed by atoms with Gasteiger partial charge in [-0.2, -0.15) is 0 Å². The number of carbonyl (C=O) groups is 2. The minimum atomic E-state index is -0.715. The van der Waals surface area contributed by atoms with Crippen LogP contribution in [0.15, 0.2) is 24.3 Å². The molecule has 0 spiro atoms. The molecule has 2 aromatic rings. The molecule has 4 rings (SSSR count). The SMILES string of the molecule is Cc1cc(C(C)(C)C)cc(C)c1NC(=O)[C@@H]1CCCC[N@@+]1([O-])CCC[N@+]1([O-])CCCC[C@H]1C(=O)Nc1c(C)cc(C(C)(C)C)cc1C. The fraction of sp³-hybridized carbons (Fsp3) is 0.641. The maximum Gasteiger partial charge on any atom is 0.283 e. The molecular formula is C39H60N4O4. The summed E-state index contributed by atoms with van der Waals surface area (Å²) in [5, 5.41) is 34.9. The summed E-state index contributed by atoms with van der Waals surface area (Å²) in [4.78, 5) is 27.4. The maximum atomic E-state index is 14.3. The summed E-state index contributed by atoms with van der Waals surface area (Å²) in [6.45, 7) is 22.2. The van der Waals surface area contributed by atoms with E-state index in [9.17, 15) is 20.0 Å². The van der Waals surface area contributed by atoms with Gasteiger partial charge in [0.2, 0.25) is 0 Å². The average molecular weight is 649 g/mol. The number of hydrogen-bond acceptors (Lipinski definition) is 4. The van der Waals surface area contributed by atoms with Gasteiger partial charge >= 0.3 is 0 Å². The van der Waals surface area contributed by atoms with Crippen molar-refractivity contribution >= 4 is 23.2 Å². The topological polar surface area (TPSA) is 104 Å². The summed E-state index contributed by atoms with van der Waals surface area (Å²) >= 11 is 0. The highest BCUT2D eigenvalue weighted by Gasteiger charge is 2.41. The van der Waals surface area contributed by atoms with Gasteiger partial charge in [0.25, 0.3) is 11.8 Å². The highest BCUT2D eigenvalue weighted by Crippen LogP contribution is 2.34. The monoisotopic (exact) mass is 648 g/mol. The molecule has 0 saturated carbocycles. The number of hydrogen-bond donors (Lipinski definition) is 2. The molecule has 0 radical (unpaired) electrons. The van der Waals surface area contributed by atoms with Crippen LogP contribution in [0.1, 0.15) is 120 Å². The molecule has 2 N–H and O–H groups in total. The molecule has 260 valence electrons. The van der Waals surface area contributed by atoms with Crippen LogP contribution in [0, 0.1) is 38.1 Å². The van der Waals surface area contributed by atoms with Crippen molar-refractivity contribution in [1.82, 2.24) is 0 Å². The van der Waals surface area contributed by atoms with Crippen molar-refractivity contribution < 1.29 is 18.9 Å². The van der Waals surface area contributed by atoms with Crippen LogP contribution in [-0.4, -0.2) is 59.4 Å². The Morgan fingerprint density at radius 3 is 1.26 bits per heavy atom. The zero-order chi connectivity index (χ0) is 34.9. The lowest BCUT2D eigenvalue weighted by molar-refractivity contribution is -0.919. The normalized spacial score (nSPS) is 25.4. The number of rotatable bonds is 8. The predicted octanol–water partition coefficient (Wildman–Crippen LogP) is 8.22. The number of nitrogens with zero attached hydrogens (tertiary/aromatic N) is 2. The molecule has 0 bridgehead atoms. The molecule has 0 unspecified atom stereocenters. The number of carbonyl (C=O) groups excluding carboxylic acids is 2. The zero-order valence-corrected chi connectivity index (χ0v) is 30.8. The van der Waals surface area contributed by atoms with Gasteiger partial charge in [0.1, 0.15) is 0 Å².